The quantitative estimate of drug-likeness (QED) is 0.704. The first kappa shape index (κ1) is 10.7. The van der Waals surface area contributed by atoms with Crippen LogP contribution in [-0.2, 0) is 19.4 Å². The van der Waals surface area contributed by atoms with E-state index in [1.54, 1.807) is 18.2 Å². The minimum Gasteiger partial charge on any atom is -0.449 e. The Morgan fingerprint density at radius 1 is 1.29 bits per heavy atom. The van der Waals surface area contributed by atoms with Gasteiger partial charge in [0, 0.05) is 6.92 Å². The highest BCUT2D eigenvalue weighted by atomic mass is 32.2. The summed E-state index contributed by atoms with van der Waals surface area (Å²) in [7, 11) is -3.50. The third-order valence-electron chi connectivity index (χ3n) is 1.52. The SMILES string of the molecule is CC(=O)OCS(=O)(=O)c1ccccc1. The minimum atomic E-state index is -3.50. The van der Waals surface area contributed by atoms with Crippen LogP contribution in [0.15, 0.2) is 35.2 Å². The number of carbonyl (C=O) groups excluding carboxylic acids is 1. The molecule has 5 heteroatoms. The summed E-state index contributed by atoms with van der Waals surface area (Å²) < 4.78 is 27.4. The van der Waals surface area contributed by atoms with Crippen LogP contribution in [-0.4, -0.2) is 20.3 Å². The van der Waals surface area contributed by atoms with Crippen molar-refractivity contribution in [2.75, 3.05) is 5.94 Å². The van der Waals surface area contributed by atoms with E-state index in [0.29, 0.717) is 0 Å². The largest absolute Gasteiger partial charge is 0.449 e. The van der Waals surface area contributed by atoms with E-state index < -0.39 is 21.7 Å². The first-order valence-corrected chi connectivity index (χ1v) is 5.59. The average Bonchev–Trinajstić information content (AvgIpc) is 2.16. The summed E-state index contributed by atoms with van der Waals surface area (Å²) in [6.07, 6.45) is 0. The van der Waals surface area contributed by atoms with Gasteiger partial charge < -0.3 is 4.74 Å². The van der Waals surface area contributed by atoms with Crippen molar-refractivity contribution in [3.05, 3.63) is 30.3 Å². The van der Waals surface area contributed by atoms with Crippen molar-refractivity contribution in [2.45, 2.75) is 11.8 Å². The van der Waals surface area contributed by atoms with Gasteiger partial charge in [-0.25, -0.2) is 8.42 Å². The second kappa shape index (κ2) is 4.23. The smallest absolute Gasteiger partial charge is 0.303 e. The predicted octanol–water partition coefficient (Wildman–Crippen LogP) is 0.981. The van der Waals surface area contributed by atoms with Crippen LogP contribution in [0.2, 0.25) is 0 Å². The first-order chi connectivity index (χ1) is 6.52. The molecule has 0 aliphatic carbocycles. The molecule has 0 fully saturated rings. The Labute approximate surface area is 82.4 Å². The van der Waals surface area contributed by atoms with E-state index in [0.717, 1.165) is 0 Å². The van der Waals surface area contributed by atoms with Gasteiger partial charge in [0.25, 0.3) is 0 Å². The van der Waals surface area contributed by atoms with Gasteiger partial charge in [-0.3, -0.25) is 4.79 Å². The number of ether oxygens (including phenoxy) is 1. The van der Waals surface area contributed by atoms with Crippen molar-refractivity contribution in [1.29, 1.82) is 0 Å². The Hall–Kier alpha value is -1.36. The fourth-order valence-electron chi connectivity index (χ4n) is 0.856. The summed E-state index contributed by atoms with van der Waals surface area (Å²) in [5.74, 6) is -1.21. The molecular weight excluding hydrogens is 204 g/mol. The Balaban J connectivity index is 2.82. The molecule has 0 saturated carbocycles. The molecule has 0 aliphatic rings. The van der Waals surface area contributed by atoms with E-state index in [1.165, 1.54) is 19.1 Å². The molecule has 0 heterocycles. The summed E-state index contributed by atoms with van der Waals surface area (Å²) in [5, 5.41) is 0. The fourth-order valence-corrected chi connectivity index (χ4v) is 1.89. The molecule has 14 heavy (non-hydrogen) atoms. The number of hydrogen-bond acceptors (Lipinski definition) is 4. The van der Waals surface area contributed by atoms with E-state index in [2.05, 4.69) is 4.74 Å². The molecule has 0 spiro atoms. The molecule has 0 radical (unpaired) electrons. The third-order valence-corrected chi connectivity index (χ3v) is 2.94. The van der Waals surface area contributed by atoms with Crippen LogP contribution in [0.1, 0.15) is 6.92 Å². The Morgan fingerprint density at radius 3 is 2.36 bits per heavy atom. The molecule has 76 valence electrons. The summed E-state index contributed by atoms with van der Waals surface area (Å²) in [4.78, 5) is 10.6. The van der Waals surface area contributed by atoms with Crippen LogP contribution in [0.3, 0.4) is 0 Å². The summed E-state index contributed by atoms with van der Waals surface area (Å²) >= 11 is 0. The van der Waals surface area contributed by atoms with Crippen LogP contribution >= 0.6 is 0 Å². The summed E-state index contributed by atoms with van der Waals surface area (Å²) in [6.45, 7) is 1.17. The molecule has 0 saturated heterocycles. The fraction of sp³-hybridized carbons (Fsp3) is 0.222. The van der Waals surface area contributed by atoms with Gasteiger partial charge >= 0.3 is 5.97 Å². The van der Waals surface area contributed by atoms with Crippen molar-refractivity contribution in [3.63, 3.8) is 0 Å². The normalized spacial score (nSPS) is 10.9. The predicted molar refractivity (Wildman–Crippen MR) is 50.3 cm³/mol. The number of benzene rings is 1. The highest BCUT2D eigenvalue weighted by Gasteiger charge is 2.14. The lowest BCUT2D eigenvalue weighted by atomic mass is 10.4. The van der Waals surface area contributed by atoms with Gasteiger partial charge in [0.1, 0.15) is 0 Å². The number of hydrogen-bond donors (Lipinski definition) is 0. The van der Waals surface area contributed by atoms with Crippen LogP contribution < -0.4 is 0 Å². The second-order valence-corrected chi connectivity index (χ2v) is 4.62. The molecular formula is C9H10O4S. The molecule has 0 amide bonds. The number of carbonyl (C=O) groups is 1. The van der Waals surface area contributed by atoms with Gasteiger partial charge in [0.15, 0.2) is 5.94 Å². The number of sulfone groups is 1. The Kier molecular flexibility index (Phi) is 3.24. The van der Waals surface area contributed by atoms with Crippen molar-refractivity contribution in [2.24, 2.45) is 0 Å². The van der Waals surface area contributed by atoms with E-state index in [-0.39, 0.29) is 4.90 Å². The van der Waals surface area contributed by atoms with Crippen LogP contribution in [0, 0.1) is 0 Å². The van der Waals surface area contributed by atoms with E-state index in [9.17, 15) is 13.2 Å². The maximum Gasteiger partial charge on any atom is 0.303 e. The zero-order valence-corrected chi connectivity index (χ0v) is 8.45. The second-order valence-electron chi connectivity index (χ2n) is 2.68. The van der Waals surface area contributed by atoms with E-state index >= 15 is 0 Å². The molecule has 0 unspecified atom stereocenters. The minimum absolute atomic E-state index is 0.154. The lowest BCUT2D eigenvalue weighted by Crippen LogP contribution is -2.12. The Morgan fingerprint density at radius 2 is 1.86 bits per heavy atom. The monoisotopic (exact) mass is 214 g/mol. The molecule has 0 N–H and O–H groups in total. The topological polar surface area (TPSA) is 60.4 Å². The van der Waals surface area contributed by atoms with Crippen molar-refractivity contribution in [1.82, 2.24) is 0 Å². The summed E-state index contributed by atoms with van der Waals surface area (Å²) in [6, 6.07) is 7.85. The van der Waals surface area contributed by atoms with Crippen LogP contribution in [0.4, 0.5) is 0 Å². The molecule has 1 aromatic rings. The highest BCUT2D eigenvalue weighted by molar-refractivity contribution is 7.91. The molecule has 0 atom stereocenters. The molecule has 0 bridgehead atoms. The van der Waals surface area contributed by atoms with Gasteiger partial charge in [-0.2, -0.15) is 0 Å². The molecule has 0 aliphatic heterocycles. The molecule has 1 aromatic carbocycles. The Bertz CT molecular complexity index is 408. The zero-order valence-electron chi connectivity index (χ0n) is 7.64. The zero-order chi connectivity index (χ0) is 10.6. The number of rotatable bonds is 3. The maximum absolute atomic E-state index is 11.5. The standard InChI is InChI=1S/C9H10O4S/c1-8(10)13-7-14(11,12)9-5-3-2-4-6-9/h2-6H,7H2,1H3. The van der Waals surface area contributed by atoms with Crippen LogP contribution in [0.25, 0.3) is 0 Å². The van der Waals surface area contributed by atoms with Gasteiger partial charge in [-0.15, -0.1) is 0 Å². The number of esters is 1. The molecule has 1 rings (SSSR count). The lowest BCUT2D eigenvalue weighted by Gasteiger charge is -2.03. The van der Waals surface area contributed by atoms with Crippen molar-refractivity contribution < 1.29 is 17.9 Å². The van der Waals surface area contributed by atoms with Crippen molar-refractivity contribution >= 4 is 15.8 Å². The highest BCUT2D eigenvalue weighted by Crippen LogP contribution is 2.09. The maximum atomic E-state index is 11.5. The van der Waals surface area contributed by atoms with Gasteiger partial charge in [0.05, 0.1) is 4.90 Å². The third kappa shape index (κ3) is 2.85. The van der Waals surface area contributed by atoms with Crippen molar-refractivity contribution in [3.8, 4) is 0 Å². The van der Waals surface area contributed by atoms with Gasteiger partial charge in [-0.1, -0.05) is 18.2 Å². The summed E-state index contributed by atoms with van der Waals surface area (Å²) in [5.41, 5.74) is 0. The average molecular weight is 214 g/mol. The van der Waals surface area contributed by atoms with Gasteiger partial charge in [0.2, 0.25) is 9.84 Å². The van der Waals surface area contributed by atoms with E-state index in [4.69, 9.17) is 0 Å². The van der Waals surface area contributed by atoms with Gasteiger partial charge in [-0.05, 0) is 12.1 Å². The molecule has 4 nitrogen and oxygen atoms in total. The lowest BCUT2D eigenvalue weighted by molar-refractivity contribution is -0.138. The molecule has 0 aromatic heterocycles. The first-order valence-electron chi connectivity index (χ1n) is 3.93. The van der Waals surface area contributed by atoms with E-state index in [1.807, 2.05) is 0 Å². The van der Waals surface area contributed by atoms with Crippen LogP contribution in [0.5, 0.6) is 0 Å².